The van der Waals surface area contributed by atoms with E-state index in [-0.39, 0.29) is 0 Å². The summed E-state index contributed by atoms with van der Waals surface area (Å²) in [6, 6.07) is 9.79. The molecule has 0 fully saturated rings. The maximum Gasteiger partial charge on any atom is 0.221 e. The summed E-state index contributed by atoms with van der Waals surface area (Å²) in [5.74, 6) is 0.602. The first-order chi connectivity index (χ1) is 10.3. The number of ether oxygens (including phenoxy) is 1. The minimum Gasteiger partial charge on any atom is -0.481 e. The molecule has 0 bridgehead atoms. The van der Waals surface area contributed by atoms with Crippen LogP contribution < -0.4 is 4.74 Å². The maximum atomic E-state index is 6.08. The Morgan fingerprint density at radius 2 is 2.14 bits per heavy atom. The summed E-state index contributed by atoms with van der Waals surface area (Å²) in [6.45, 7) is 0. The number of thiazole rings is 1. The second kappa shape index (κ2) is 6.24. The van der Waals surface area contributed by atoms with Crippen LogP contribution in [0, 0.1) is 0 Å². The zero-order valence-corrected chi connectivity index (χ0v) is 13.0. The van der Waals surface area contributed by atoms with Gasteiger partial charge in [0.05, 0.1) is 12.6 Å². The van der Waals surface area contributed by atoms with E-state index in [0.29, 0.717) is 10.9 Å². The molecule has 0 saturated heterocycles. The number of methoxy groups -OCH3 is 1. The topological polar surface area (TPSA) is 35.0 Å². The first-order valence-corrected chi connectivity index (χ1v) is 7.68. The molecule has 0 amide bonds. The lowest BCUT2D eigenvalue weighted by molar-refractivity contribution is 0.399. The van der Waals surface area contributed by atoms with Crippen molar-refractivity contribution in [2.24, 2.45) is 0 Å². The van der Waals surface area contributed by atoms with E-state index < -0.39 is 0 Å². The van der Waals surface area contributed by atoms with Gasteiger partial charge in [0.15, 0.2) is 0 Å². The third-order valence-corrected chi connectivity index (χ3v) is 4.11. The zero-order chi connectivity index (χ0) is 14.7. The van der Waals surface area contributed by atoms with Gasteiger partial charge in [-0.2, -0.15) is 0 Å². The average Bonchev–Trinajstić information content (AvgIpc) is 3.00. The molecule has 2 heterocycles. The Labute approximate surface area is 132 Å². The molecule has 0 aliphatic heterocycles. The van der Waals surface area contributed by atoms with Crippen LogP contribution in [0.4, 0.5) is 0 Å². The smallest absolute Gasteiger partial charge is 0.221 e. The van der Waals surface area contributed by atoms with Crippen LogP contribution in [0.3, 0.4) is 0 Å². The third kappa shape index (κ3) is 3.23. The standard InChI is InChI=1S/C16H13ClN2OS/c1-20-16-15(12-3-2-4-13(17)7-12)6-11(8-19-16)5-14-9-18-10-21-14/h2-4,6-10H,5H2,1H3. The fourth-order valence-corrected chi connectivity index (χ4v) is 2.97. The van der Waals surface area contributed by atoms with Gasteiger partial charge in [0.25, 0.3) is 0 Å². The van der Waals surface area contributed by atoms with Crippen LogP contribution in [-0.4, -0.2) is 17.1 Å². The minimum absolute atomic E-state index is 0.602. The Morgan fingerprint density at radius 1 is 1.24 bits per heavy atom. The van der Waals surface area contributed by atoms with Crippen molar-refractivity contribution in [3.8, 4) is 17.0 Å². The van der Waals surface area contributed by atoms with Crippen molar-refractivity contribution in [2.75, 3.05) is 7.11 Å². The molecule has 3 rings (SSSR count). The Bertz CT molecular complexity index is 744. The molecule has 0 saturated carbocycles. The fraction of sp³-hybridized carbons (Fsp3) is 0.125. The second-order valence-electron chi connectivity index (χ2n) is 4.56. The van der Waals surface area contributed by atoms with E-state index in [1.165, 1.54) is 4.88 Å². The molecule has 3 aromatic rings. The van der Waals surface area contributed by atoms with Crippen LogP contribution in [0.1, 0.15) is 10.4 Å². The van der Waals surface area contributed by atoms with Crippen molar-refractivity contribution in [2.45, 2.75) is 6.42 Å². The lowest BCUT2D eigenvalue weighted by atomic mass is 10.0. The van der Waals surface area contributed by atoms with Gasteiger partial charge in [-0.05, 0) is 29.3 Å². The molecule has 21 heavy (non-hydrogen) atoms. The molecular formula is C16H13ClN2OS. The first kappa shape index (κ1) is 14.0. The number of hydrogen-bond donors (Lipinski definition) is 0. The predicted octanol–water partition coefficient (Wildman–Crippen LogP) is 4.46. The lowest BCUT2D eigenvalue weighted by Gasteiger charge is -2.10. The van der Waals surface area contributed by atoms with Gasteiger partial charge in [-0.3, -0.25) is 4.98 Å². The molecule has 1 aromatic carbocycles. The molecule has 0 unspecified atom stereocenters. The van der Waals surface area contributed by atoms with Gasteiger partial charge in [-0.1, -0.05) is 23.7 Å². The second-order valence-corrected chi connectivity index (χ2v) is 5.96. The lowest BCUT2D eigenvalue weighted by Crippen LogP contribution is -1.95. The van der Waals surface area contributed by atoms with Crippen LogP contribution >= 0.6 is 22.9 Å². The van der Waals surface area contributed by atoms with Crippen LogP contribution in [0.2, 0.25) is 5.02 Å². The van der Waals surface area contributed by atoms with Crippen molar-refractivity contribution in [1.29, 1.82) is 0 Å². The number of hydrogen-bond acceptors (Lipinski definition) is 4. The number of nitrogens with zero attached hydrogens (tertiary/aromatic N) is 2. The summed E-state index contributed by atoms with van der Waals surface area (Å²) < 4.78 is 5.37. The Hall–Kier alpha value is -1.91. The Balaban J connectivity index is 2.01. The van der Waals surface area contributed by atoms with Crippen molar-refractivity contribution in [1.82, 2.24) is 9.97 Å². The number of aromatic nitrogens is 2. The van der Waals surface area contributed by atoms with E-state index in [1.54, 1.807) is 18.4 Å². The van der Waals surface area contributed by atoms with E-state index in [1.807, 2.05) is 42.2 Å². The van der Waals surface area contributed by atoms with E-state index in [2.05, 4.69) is 16.0 Å². The zero-order valence-electron chi connectivity index (χ0n) is 11.4. The molecule has 106 valence electrons. The van der Waals surface area contributed by atoms with Crippen molar-refractivity contribution >= 4 is 22.9 Å². The van der Waals surface area contributed by atoms with E-state index in [4.69, 9.17) is 16.3 Å². The van der Waals surface area contributed by atoms with Gasteiger partial charge in [-0.25, -0.2) is 4.98 Å². The van der Waals surface area contributed by atoms with Gasteiger partial charge < -0.3 is 4.74 Å². The van der Waals surface area contributed by atoms with Gasteiger partial charge in [0.1, 0.15) is 0 Å². The fourth-order valence-electron chi connectivity index (χ4n) is 2.15. The van der Waals surface area contributed by atoms with Gasteiger partial charge in [0, 0.05) is 34.3 Å². The predicted molar refractivity (Wildman–Crippen MR) is 86.2 cm³/mol. The molecule has 0 radical (unpaired) electrons. The molecule has 3 nitrogen and oxygen atoms in total. The monoisotopic (exact) mass is 316 g/mol. The molecule has 0 spiro atoms. The Morgan fingerprint density at radius 3 is 2.86 bits per heavy atom. The highest BCUT2D eigenvalue weighted by Gasteiger charge is 2.10. The van der Waals surface area contributed by atoms with Crippen molar-refractivity contribution in [3.05, 3.63) is 63.7 Å². The number of rotatable bonds is 4. The molecule has 0 N–H and O–H groups in total. The van der Waals surface area contributed by atoms with Crippen molar-refractivity contribution < 1.29 is 4.74 Å². The van der Waals surface area contributed by atoms with E-state index in [0.717, 1.165) is 23.1 Å². The quantitative estimate of drug-likeness (QED) is 0.713. The van der Waals surface area contributed by atoms with Gasteiger partial charge in [0.2, 0.25) is 5.88 Å². The SMILES string of the molecule is COc1ncc(Cc2cncs2)cc1-c1cccc(Cl)c1. The Kier molecular flexibility index (Phi) is 4.18. The number of halogens is 1. The summed E-state index contributed by atoms with van der Waals surface area (Å²) in [4.78, 5) is 9.71. The molecule has 0 atom stereocenters. The van der Waals surface area contributed by atoms with Crippen molar-refractivity contribution in [3.63, 3.8) is 0 Å². The summed E-state index contributed by atoms with van der Waals surface area (Å²) >= 11 is 7.72. The molecular weight excluding hydrogens is 304 g/mol. The summed E-state index contributed by atoms with van der Waals surface area (Å²) in [5, 5.41) is 0.697. The molecule has 0 aliphatic rings. The van der Waals surface area contributed by atoms with Gasteiger partial charge >= 0.3 is 0 Å². The highest BCUT2D eigenvalue weighted by molar-refractivity contribution is 7.09. The molecule has 2 aromatic heterocycles. The summed E-state index contributed by atoms with van der Waals surface area (Å²) in [6.07, 6.45) is 4.54. The van der Waals surface area contributed by atoms with Crippen LogP contribution in [-0.2, 0) is 6.42 Å². The maximum absolute atomic E-state index is 6.08. The normalized spacial score (nSPS) is 10.6. The summed E-state index contributed by atoms with van der Waals surface area (Å²) in [5.41, 5.74) is 4.90. The van der Waals surface area contributed by atoms with Crippen LogP contribution in [0.15, 0.2) is 48.2 Å². The first-order valence-electron chi connectivity index (χ1n) is 6.42. The highest BCUT2D eigenvalue weighted by atomic mass is 35.5. The minimum atomic E-state index is 0.602. The van der Waals surface area contributed by atoms with Crippen LogP contribution in [0.25, 0.3) is 11.1 Å². The number of pyridine rings is 1. The molecule has 5 heteroatoms. The third-order valence-electron chi connectivity index (χ3n) is 3.10. The van der Waals surface area contributed by atoms with Crippen LogP contribution in [0.5, 0.6) is 5.88 Å². The summed E-state index contributed by atoms with van der Waals surface area (Å²) in [7, 11) is 1.62. The average molecular weight is 317 g/mol. The molecule has 0 aliphatic carbocycles. The van der Waals surface area contributed by atoms with E-state index in [9.17, 15) is 0 Å². The van der Waals surface area contributed by atoms with Gasteiger partial charge in [-0.15, -0.1) is 11.3 Å². The number of benzene rings is 1. The van der Waals surface area contributed by atoms with E-state index >= 15 is 0 Å². The highest BCUT2D eigenvalue weighted by Crippen LogP contribution is 2.31. The largest absolute Gasteiger partial charge is 0.481 e.